The molecule has 7 heteroatoms. The molecule has 0 bridgehead atoms. The average Bonchev–Trinajstić information content (AvgIpc) is 2.53. The van der Waals surface area contributed by atoms with E-state index in [-0.39, 0.29) is 17.9 Å². The molecule has 22 heavy (non-hydrogen) atoms. The van der Waals surface area contributed by atoms with Crippen molar-refractivity contribution in [2.45, 2.75) is 43.8 Å². The Bertz CT molecular complexity index is 592. The summed E-state index contributed by atoms with van der Waals surface area (Å²) in [4.78, 5) is 32.0. The molecular weight excluding hydrogens is 286 g/mol. The molecule has 2 fully saturated rings. The first-order valence-electron chi connectivity index (χ1n) is 7.72. The molecule has 2 aliphatic rings. The lowest BCUT2D eigenvalue weighted by molar-refractivity contribution is -0.179. The van der Waals surface area contributed by atoms with Gasteiger partial charge in [-0.1, -0.05) is 0 Å². The third kappa shape index (κ3) is 2.91. The van der Waals surface area contributed by atoms with Gasteiger partial charge < -0.3 is 19.7 Å². The molecule has 2 N–H and O–H groups in total. The van der Waals surface area contributed by atoms with Gasteiger partial charge in [-0.15, -0.1) is 0 Å². The van der Waals surface area contributed by atoms with Crippen molar-refractivity contribution in [3.63, 3.8) is 0 Å². The summed E-state index contributed by atoms with van der Waals surface area (Å²) in [6, 6.07) is 0. The first-order chi connectivity index (χ1) is 10.6. The number of nitrogens with one attached hydrogen (secondary N) is 1. The summed E-state index contributed by atoms with van der Waals surface area (Å²) in [5, 5.41) is 10.2. The van der Waals surface area contributed by atoms with Crippen LogP contribution in [0.5, 0.6) is 0 Å². The number of H-pyrrole nitrogens is 1. The molecule has 1 atom stereocenters. The van der Waals surface area contributed by atoms with Crippen molar-refractivity contribution in [3.05, 3.63) is 28.4 Å². The number of carbonyl (C=O) groups is 1. The average molecular weight is 307 g/mol. The number of rotatable bonds is 2. The lowest BCUT2D eigenvalue weighted by Crippen LogP contribution is -2.56. The highest BCUT2D eigenvalue weighted by Gasteiger charge is 2.44. The minimum atomic E-state index is -0.485. The van der Waals surface area contributed by atoms with Crippen LogP contribution in [-0.2, 0) is 16.0 Å². The fourth-order valence-electron chi connectivity index (χ4n) is 3.30. The fraction of sp³-hybridized carbons (Fsp3) is 0.667. The third-order valence-electron chi connectivity index (χ3n) is 4.72. The second kappa shape index (κ2) is 6.18. The van der Waals surface area contributed by atoms with Crippen LogP contribution in [0.15, 0.2) is 17.3 Å². The number of aromatic amines is 1. The second-order valence-corrected chi connectivity index (χ2v) is 6.03. The zero-order valence-corrected chi connectivity index (χ0v) is 12.5. The van der Waals surface area contributed by atoms with Gasteiger partial charge in [0.2, 0.25) is 5.91 Å². The van der Waals surface area contributed by atoms with Crippen LogP contribution in [0.25, 0.3) is 0 Å². The summed E-state index contributed by atoms with van der Waals surface area (Å²) >= 11 is 0. The first-order valence-corrected chi connectivity index (χ1v) is 7.72. The molecule has 2 saturated heterocycles. The Balaban J connectivity index is 1.60. The Morgan fingerprint density at radius 3 is 2.95 bits per heavy atom. The van der Waals surface area contributed by atoms with Gasteiger partial charge in [0.25, 0.3) is 5.56 Å². The van der Waals surface area contributed by atoms with Crippen LogP contribution < -0.4 is 5.56 Å². The summed E-state index contributed by atoms with van der Waals surface area (Å²) in [6.45, 7) is 1.78. The van der Waals surface area contributed by atoms with Gasteiger partial charge in [-0.3, -0.25) is 9.59 Å². The van der Waals surface area contributed by atoms with E-state index in [1.807, 2.05) is 0 Å². The molecule has 0 aromatic carbocycles. The van der Waals surface area contributed by atoms with E-state index in [9.17, 15) is 14.7 Å². The van der Waals surface area contributed by atoms with Gasteiger partial charge in [-0.05, 0) is 25.7 Å². The number of hydrogen-bond acceptors (Lipinski definition) is 5. The van der Waals surface area contributed by atoms with Crippen molar-refractivity contribution in [1.82, 2.24) is 14.9 Å². The predicted octanol–water partition coefficient (Wildman–Crippen LogP) is -0.155. The monoisotopic (exact) mass is 307 g/mol. The molecule has 3 rings (SSSR count). The Hall–Kier alpha value is -1.73. The summed E-state index contributed by atoms with van der Waals surface area (Å²) in [5.74, 6) is -0.0846. The van der Waals surface area contributed by atoms with E-state index in [0.717, 1.165) is 12.8 Å². The molecule has 0 aliphatic carbocycles. The summed E-state index contributed by atoms with van der Waals surface area (Å²) < 4.78 is 5.83. The first kappa shape index (κ1) is 15.2. The molecule has 120 valence electrons. The smallest absolute Gasteiger partial charge is 0.254 e. The number of aliphatic hydroxyl groups is 1. The van der Waals surface area contributed by atoms with Crippen molar-refractivity contribution < 1.29 is 14.6 Å². The van der Waals surface area contributed by atoms with E-state index in [2.05, 4.69) is 9.97 Å². The lowest BCUT2D eigenvalue weighted by Gasteiger charge is -2.46. The van der Waals surface area contributed by atoms with Gasteiger partial charge in [0, 0.05) is 31.5 Å². The topological polar surface area (TPSA) is 95.5 Å². The predicted molar refractivity (Wildman–Crippen MR) is 78.3 cm³/mol. The van der Waals surface area contributed by atoms with E-state index < -0.39 is 11.7 Å². The van der Waals surface area contributed by atoms with Crippen molar-refractivity contribution in [2.75, 3.05) is 19.7 Å². The van der Waals surface area contributed by atoms with Crippen molar-refractivity contribution in [3.8, 4) is 0 Å². The van der Waals surface area contributed by atoms with Gasteiger partial charge in [0.15, 0.2) is 0 Å². The fourth-order valence-corrected chi connectivity index (χ4v) is 3.30. The minimum Gasteiger partial charge on any atom is -0.390 e. The largest absolute Gasteiger partial charge is 0.390 e. The number of hydrogen-bond donors (Lipinski definition) is 2. The lowest BCUT2D eigenvalue weighted by atomic mass is 9.82. The number of nitrogens with zero attached hydrogens (tertiary/aromatic N) is 2. The molecule has 2 aliphatic heterocycles. The molecule has 1 aromatic rings. The number of carbonyl (C=O) groups excluding carboxylic acids is 1. The third-order valence-corrected chi connectivity index (χ3v) is 4.72. The normalized spacial score (nSPS) is 24.4. The van der Waals surface area contributed by atoms with Gasteiger partial charge in [0.05, 0.1) is 24.5 Å². The van der Waals surface area contributed by atoms with Crippen molar-refractivity contribution in [2.24, 2.45) is 0 Å². The van der Waals surface area contributed by atoms with Crippen molar-refractivity contribution in [1.29, 1.82) is 0 Å². The van der Waals surface area contributed by atoms with E-state index >= 15 is 0 Å². The van der Waals surface area contributed by atoms with E-state index in [1.54, 1.807) is 4.90 Å². The number of aromatic nitrogens is 2. The second-order valence-electron chi connectivity index (χ2n) is 6.03. The molecule has 0 saturated carbocycles. The van der Waals surface area contributed by atoms with Crippen LogP contribution in [0.1, 0.15) is 31.2 Å². The quantitative estimate of drug-likeness (QED) is 0.792. The van der Waals surface area contributed by atoms with Gasteiger partial charge in [-0.2, -0.15) is 0 Å². The molecule has 1 aromatic heterocycles. The minimum absolute atomic E-state index is 0.0551. The molecule has 3 heterocycles. The summed E-state index contributed by atoms with van der Waals surface area (Å²) in [7, 11) is 0. The highest BCUT2D eigenvalue weighted by molar-refractivity contribution is 5.78. The number of piperidine rings is 1. The zero-order chi connectivity index (χ0) is 15.6. The summed E-state index contributed by atoms with van der Waals surface area (Å²) in [6.07, 6.45) is 5.28. The Labute approximate surface area is 128 Å². The SMILES string of the molecule is O=C(Cc1cnc[nH]c1=O)N1CCC2(CC1)OCCC[C@H]2O. The maximum absolute atomic E-state index is 12.3. The van der Waals surface area contributed by atoms with Crippen LogP contribution in [0.2, 0.25) is 0 Å². The standard InChI is InChI=1S/C15H21N3O4/c19-12-2-1-7-22-15(12)3-5-18(6-4-15)13(20)8-11-9-16-10-17-14(11)21/h9-10,12,19H,1-8H2,(H,16,17,21)/t12-/m1/s1. The Morgan fingerprint density at radius 2 is 2.27 bits per heavy atom. The highest BCUT2D eigenvalue weighted by atomic mass is 16.5. The van der Waals surface area contributed by atoms with E-state index in [0.29, 0.717) is 38.1 Å². The number of amides is 1. The van der Waals surface area contributed by atoms with E-state index in [4.69, 9.17) is 4.74 Å². The Morgan fingerprint density at radius 1 is 1.50 bits per heavy atom. The Kier molecular flexibility index (Phi) is 4.26. The van der Waals surface area contributed by atoms with Crippen LogP contribution in [0.3, 0.4) is 0 Å². The van der Waals surface area contributed by atoms with Crippen LogP contribution in [0.4, 0.5) is 0 Å². The van der Waals surface area contributed by atoms with E-state index in [1.165, 1.54) is 12.5 Å². The van der Waals surface area contributed by atoms with Gasteiger partial charge in [0.1, 0.15) is 0 Å². The van der Waals surface area contributed by atoms with Crippen LogP contribution in [-0.4, -0.2) is 57.3 Å². The number of likely N-dealkylation sites (tertiary alicyclic amines) is 1. The maximum Gasteiger partial charge on any atom is 0.254 e. The zero-order valence-electron chi connectivity index (χ0n) is 12.5. The molecule has 1 spiro atoms. The van der Waals surface area contributed by atoms with Crippen molar-refractivity contribution >= 4 is 5.91 Å². The number of aliphatic hydroxyl groups excluding tert-OH is 1. The number of ether oxygens (including phenoxy) is 1. The molecule has 1 amide bonds. The molecule has 0 radical (unpaired) electrons. The molecule has 7 nitrogen and oxygen atoms in total. The van der Waals surface area contributed by atoms with Gasteiger partial charge >= 0.3 is 0 Å². The molecule has 0 unspecified atom stereocenters. The van der Waals surface area contributed by atoms with Crippen LogP contribution in [0, 0.1) is 0 Å². The van der Waals surface area contributed by atoms with Gasteiger partial charge in [-0.25, -0.2) is 4.98 Å². The summed E-state index contributed by atoms with van der Waals surface area (Å²) in [5.41, 5.74) is -0.384. The maximum atomic E-state index is 12.3. The highest BCUT2D eigenvalue weighted by Crippen LogP contribution is 2.35. The molecular formula is C15H21N3O4. The van der Waals surface area contributed by atoms with Crippen LogP contribution >= 0.6 is 0 Å².